The van der Waals surface area contributed by atoms with E-state index in [2.05, 4.69) is 21.9 Å². The van der Waals surface area contributed by atoms with E-state index >= 15 is 0 Å². The molecule has 5 heteroatoms. The molecule has 1 amide bonds. The van der Waals surface area contributed by atoms with Crippen molar-refractivity contribution in [3.8, 4) is 11.5 Å². The average Bonchev–Trinajstić information content (AvgIpc) is 2.68. The van der Waals surface area contributed by atoms with Gasteiger partial charge in [-0.3, -0.25) is 4.79 Å². The van der Waals surface area contributed by atoms with E-state index in [0.717, 1.165) is 56.2 Å². The Bertz CT molecular complexity index is 590. The van der Waals surface area contributed by atoms with Crippen LogP contribution >= 0.6 is 0 Å². The molecule has 5 nitrogen and oxygen atoms in total. The number of piperazine rings is 1. The highest BCUT2D eigenvalue weighted by Crippen LogP contribution is 2.34. The average molecular weight is 330 g/mol. The minimum atomic E-state index is 0.277. The molecule has 1 aromatic rings. The minimum Gasteiger partial charge on any atom is -0.486 e. The van der Waals surface area contributed by atoms with Crippen LogP contribution in [0.25, 0.3) is 0 Å². The second-order valence-electron chi connectivity index (χ2n) is 6.98. The maximum absolute atomic E-state index is 12.7. The molecule has 0 aromatic heterocycles. The second kappa shape index (κ2) is 6.91. The van der Waals surface area contributed by atoms with Crippen molar-refractivity contribution in [2.45, 2.75) is 32.1 Å². The standard InChI is InChI=1S/C19H26N2O3/c22-19(15-4-2-1-3-5-15)21-10-8-20(9-11-21)16-6-7-17-18(14-16)24-13-12-23-17/h6-7,14-15H,1-5,8-13H2. The fraction of sp³-hybridized carbons (Fsp3) is 0.632. The Morgan fingerprint density at radius 1 is 0.917 bits per heavy atom. The fourth-order valence-corrected chi connectivity index (χ4v) is 4.02. The molecule has 0 atom stereocenters. The third-order valence-electron chi connectivity index (χ3n) is 5.44. The molecule has 0 radical (unpaired) electrons. The van der Waals surface area contributed by atoms with E-state index in [0.29, 0.717) is 19.1 Å². The van der Waals surface area contributed by atoms with E-state index in [9.17, 15) is 4.79 Å². The van der Waals surface area contributed by atoms with Gasteiger partial charge in [-0.15, -0.1) is 0 Å². The van der Waals surface area contributed by atoms with Crippen LogP contribution < -0.4 is 14.4 Å². The molecule has 0 N–H and O–H groups in total. The van der Waals surface area contributed by atoms with E-state index in [1.165, 1.54) is 19.3 Å². The third-order valence-corrected chi connectivity index (χ3v) is 5.44. The highest BCUT2D eigenvalue weighted by molar-refractivity contribution is 5.79. The predicted molar refractivity (Wildman–Crippen MR) is 92.8 cm³/mol. The molecule has 2 aliphatic heterocycles. The van der Waals surface area contributed by atoms with Gasteiger partial charge in [-0.1, -0.05) is 19.3 Å². The largest absolute Gasteiger partial charge is 0.486 e. The molecule has 1 saturated heterocycles. The van der Waals surface area contributed by atoms with Gasteiger partial charge in [0.05, 0.1) is 0 Å². The van der Waals surface area contributed by atoms with Gasteiger partial charge in [0, 0.05) is 43.9 Å². The number of ether oxygens (including phenoxy) is 2. The zero-order chi connectivity index (χ0) is 16.4. The van der Waals surface area contributed by atoms with Crippen molar-refractivity contribution in [2.24, 2.45) is 5.92 Å². The molecule has 1 aromatic carbocycles. The van der Waals surface area contributed by atoms with Crippen molar-refractivity contribution in [1.29, 1.82) is 0 Å². The van der Waals surface area contributed by atoms with Gasteiger partial charge in [-0.2, -0.15) is 0 Å². The number of carbonyl (C=O) groups is 1. The lowest BCUT2D eigenvalue weighted by atomic mass is 9.88. The summed E-state index contributed by atoms with van der Waals surface area (Å²) in [6, 6.07) is 6.14. The van der Waals surface area contributed by atoms with Crippen LogP contribution in [0.2, 0.25) is 0 Å². The summed E-state index contributed by atoms with van der Waals surface area (Å²) in [7, 11) is 0. The Morgan fingerprint density at radius 2 is 1.62 bits per heavy atom. The van der Waals surface area contributed by atoms with Gasteiger partial charge in [0.2, 0.25) is 5.91 Å². The van der Waals surface area contributed by atoms with Gasteiger partial charge in [0.15, 0.2) is 11.5 Å². The Morgan fingerprint density at radius 3 is 2.38 bits per heavy atom. The Balaban J connectivity index is 1.36. The first kappa shape index (κ1) is 15.6. The number of amides is 1. The summed E-state index contributed by atoms with van der Waals surface area (Å²) in [6.45, 7) is 4.65. The van der Waals surface area contributed by atoms with Crippen molar-refractivity contribution in [3.05, 3.63) is 18.2 Å². The lowest BCUT2D eigenvalue weighted by molar-refractivity contribution is -0.136. The second-order valence-corrected chi connectivity index (χ2v) is 6.98. The number of hydrogen-bond acceptors (Lipinski definition) is 4. The normalized spacial score (nSPS) is 21.7. The molecular formula is C19H26N2O3. The molecular weight excluding hydrogens is 304 g/mol. The number of anilines is 1. The maximum Gasteiger partial charge on any atom is 0.225 e. The number of hydrogen-bond donors (Lipinski definition) is 0. The Kier molecular flexibility index (Phi) is 4.50. The fourth-order valence-electron chi connectivity index (χ4n) is 4.02. The van der Waals surface area contributed by atoms with Crippen LogP contribution in [0.15, 0.2) is 18.2 Å². The first-order valence-corrected chi connectivity index (χ1v) is 9.25. The molecule has 1 aliphatic carbocycles. The van der Waals surface area contributed by atoms with Crippen LogP contribution in [0.1, 0.15) is 32.1 Å². The van der Waals surface area contributed by atoms with Crippen LogP contribution in [0.5, 0.6) is 11.5 Å². The molecule has 24 heavy (non-hydrogen) atoms. The van der Waals surface area contributed by atoms with Gasteiger partial charge in [0.1, 0.15) is 13.2 Å². The monoisotopic (exact) mass is 330 g/mol. The van der Waals surface area contributed by atoms with Gasteiger partial charge < -0.3 is 19.3 Å². The minimum absolute atomic E-state index is 0.277. The SMILES string of the molecule is O=C(C1CCCCC1)N1CCN(c2ccc3c(c2)OCCO3)CC1. The third kappa shape index (κ3) is 3.17. The molecule has 4 rings (SSSR count). The lowest BCUT2D eigenvalue weighted by Gasteiger charge is -2.38. The molecule has 0 bridgehead atoms. The first-order chi connectivity index (χ1) is 11.8. The van der Waals surface area contributed by atoms with Crippen LogP contribution in [0.3, 0.4) is 0 Å². The number of carbonyl (C=O) groups excluding carboxylic acids is 1. The molecule has 3 aliphatic rings. The summed E-state index contributed by atoms with van der Waals surface area (Å²) in [5.74, 6) is 2.33. The number of fused-ring (bicyclic) bond motifs is 1. The first-order valence-electron chi connectivity index (χ1n) is 9.25. The van der Waals surface area contributed by atoms with Crippen molar-refractivity contribution >= 4 is 11.6 Å². The molecule has 0 spiro atoms. The van der Waals surface area contributed by atoms with E-state index in [4.69, 9.17) is 9.47 Å². The summed E-state index contributed by atoms with van der Waals surface area (Å²) in [5, 5.41) is 0. The Labute approximate surface area is 143 Å². The molecule has 1 saturated carbocycles. The summed E-state index contributed by atoms with van der Waals surface area (Å²) in [6.07, 6.45) is 5.89. The van der Waals surface area contributed by atoms with Crippen molar-refractivity contribution < 1.29 is 14.3 Å². The van der Waals surface area contributed by atoms with Crippen LogP contribution in [0, 0.1) is 5.92 Å². The number of benzene rings is 1. The van der Waals surface area contributed by atoms with E-state index in [1.807, 2.05) is 6.07 Å². The van der Waals surface area contributed by atoms with Crippen LogP contribution in [-0.2, 0) is 4.79 Å². The van der Waals surface area contributed by atoms with E-state index < -0.39 is 0 Å². The smallest absolute Gasteiger partial charge is 0.225 e. The van der Waals surface area contributed by atoms with Gasteiger partial charge >= 0.3 is 0 Å². The quantitative estimate of drug-likeness (QED) is 0.836. The van der Waals surface area contributed by atoms with Crippen LogP contribution in [0.4, 0.5) is 5.69 Å². The lowest BCUT2D eigenvalue weighted by Crippen LogP contribution is -2.50. The highest BCUT2D eigenvalue weighted by atomic mass is 16.6. The van der Waals surface area contributed by atoms with Crippen molar-refractivity contribution in [2.75, 3.05) is 44.3 Å². The number of rotatable bonds is 2. The number of nitrogens with zero attached hydrogens (tertiary/aromatic N) is 2. The molecule has 0 unspecified atom stereocenters. The van der Waals surface area contributed by atoms with Gasteiger partial charge in [-0.25, -0.2) is 0 Å². The van der Waals surface area contributed by atoms with Crippen molar-refractivity contribution in [1.82, 2.24) is 4.90 Å². The highest BCUT2D eigenvalue weighted by Gasteiger charge is 2.28. The van der Waals surface area contributed by atoms with Crippen molar-refractivity contribution in [3.63, 3.8) is 0 Å². The molecule has 2 fully saturated rings. The summed E-state index contributed by atoms with van der Waals surface area (Å²) >= 11 is 0. The predicted octanol–water partition coefficient (Wildman–Crippen LogP) is 2.69. The van der Waals surface area contributed by atoms with Gasteiger partial charge in [-0.05, 0) is 25.0 Å². The van der Waals surface area contributed by atoms with Gasteiger partial charge in [0.25, 0.3) is 0 Å². The summed E-state index contributed by atoms with van der Waals surface area (Å²) in [5.41, 5.74) is 1.16. The zero-order valence-corrected chi connectivity index (χ0v) is 14.2. The Hall–Kier alpha value is -1.91. The zero-order valence-electron chi connectivity index (χ0n) is 14.2. The van der Waals surface area contributed by atoms with E-state index in [1.54, 1.807) is 0 Å². The topological polar surface area (TPSA) is 42.0 Å². The van der Waals surface area contributed by atoms with E-state index in [-0.39, 0.29) is 5.92 Å². The molecule has 130 valence electrons. The summed E-state index contributed by atoms with van der Waals surface area (Å²) < 4.78 is 11.3. The maximum atomic E-state index is 12.7. The summed E-state index contributed by atoms with van der Waals surface area (Å²) in [4.78, 5) is 17.1. The van der Waals surface area contributed by atoms with Crippen LogP contribution in [-0.4, -0.2) is 50.2 Å². The molecule has 2 heterocycles.